The normalized spacial score (nSPS) is 24.3. The van der Waals surface area contributed by atoms with Crippen molar-refractivity contribution in [3.8, 4) is 0 Å². The quantitative estimate of drug-likeness (QED) is 0.852. The van der Waals surface area contributed by atoms with Crippen molar-refractivity contribution in [1.82, 2.24) is 5.32 Å². The predicted molar refractivity (Wildman–Crippen MR) is 85.3 cm³/mol. The lowest BCUT2D eigenvalue weighted by molar-refractivity contribution is 0.385. The third kappa shape index (κ3) is 3.09. The molecule has 2 rings (SSSR count). The molecule has 100 valence electrons. The molecular formula is C14H20Br2N2. The van der Waals surface area contributed by atoms with Crippen molar-refractivity contribution < 1.29 is 0 Å². The molecule has 1 N–H and O–H groups in total. The lowest BCUT2D eigenvalue weighted by Crippen LogP contribution is -2.55. The molecule has 1 aromatic rings. The van der Waals surface area contributed by atoms with Crippen LogP contribution in [0.15, 0.2) is 27.1 Å². The maximum atomic E-state index is 3.68. The van der Waals surface area contributed by atoms with Crippen LogP contribution in [0.2, 0.25) is 0 Å². The number of para-hydroxylation sites is 1. The van der Waals surface area contributed by atoms with E-state index in [2.05, 4.69) is 74.1 Å². The zero-order valence-electron chi connectivity index (χ0n) is 10.9. The van der Waals surface area contributed by atoms with Crippen molar-refractivity contribution in [1.29, 1.82) is 0 Å². The molecule has 1 saturated heterocycles. The Labute approximate surface area is 126 Å². The molecule has 1 aromatic carbocycles. The van der Waals surface area contributed by atoms with Gasteiger partial charge >= 0.3 is 0 Å². The molecule has 0 saturated carbocycles. The Morgan fingerprint density at radius 2 is 2.00 bits per heavy atom. The summed E-state index contributed by atoms with van der Waals surface area (Å²) in [4.78, 5) is 2.50. The van der Waals surface area contributed by atoms with Gasteiger partial charge in [-0.2, -0.15) is 0 Å². The molecule has 2 unspecified atom stereocenters. The highest BCUT2D eigenvalue weighted by molar-refractivity contribution is 9.11. The molecular weight excluding hydrogens is 356 g/mol. The van der Waals surface area contributed by atoms with Crippen LogP contribution in [-0.4, -0.2) is 25.2 Å². The van der Waals surface area contributed by atoms with Crippen LogP contribution in [0.25, 0.3) is 0 Å². The molecule has 0 aromatic heterocycles. The van der Waals surface area contributed by atoms with Crippen molar-refractivity contribution in [2.75, 3.05) is 18.0 Å². The minimum atomic E-state index is 0.521. The molecule has 0 radical (unpaired) electrons. The van der Waals surface area contributed by atoms with Crippen LogP contribution < -0.4 is 10.2 Å². The maximum absolute atomic E-state index is 3.68. The van der Waals surface area contributed by atoms with Crippen molar-refractivity contribution in [2.45, 2.75) is 38.8 Å². The van der Waals surface area contributed by atoms with E-state index < -0.39 is 0 Å². The second-order valence-corrected chi connectivity index (χ2v) is 6.67. The summed E-state index contributed by atoms with van der Waals surface area (Å²) in [6.07, 6.45) is 2.47. The van der Waals surface area contributed by atoms with Gasteiger partial charge in [-0.1, -0.05) is 19.4 Å². The zero-order valence-corrected chi connectivity index (χ0v) is 14.1. The van der Waals surface area contributed by atoms with Crippen molar-refractivity contribution in [2.24, 2.45) is 0 Å². The molecule has 18 heavy (non-hydrogen) atoms. The average molecular weight is 376 g/mol. The minimum Gasteiger partial charge on any atom is -0.364 e. The Bertz CT molecular complexity index is 389. The second kappa shape index (κ2) is 6.40. The van der Waals surface area contributed by atoms with Gasteiger partial charge in [0.15, 0.2) is 0 Å². The second-order valence-electron chi connectivity index (χ2n) is 4.97. The maximum Gasteiger partial charge on any atom is 0.0658 e. The SMILES string of the molecule is CCCC1CN(c2c(Br)cccc2Br)C(C)CN1. The van der Waals surface area contributed by atoms with Crippen molar-refractivity contribution in [3.05, 3.63) is 27.1 Å². The number of hydrogen-bond donors (Lipinski definition) is 1. The van der Waals surface area contributed by atoms with Crippen molar-refractivity contribution >= 4 is 37.5 Å². The van der Waals surface area contributed by atoms with E-state index in [-0.39, 0.29) is 0 Å². The van der Waals surface area contributed by atoms with E-state index in [9.17, 15) is 0 Å². The molecule has 1 aliphatic heterocycles. The Kier molecular flexibility index (Phi) is 5.10. The van der Waals surface area contributed by atoms with Crippen LogP contribution in [-0.2, 0) is 0 Å². The molecule has 0 aliphatic carbocycles. The van der Waals surface area contributed by atoms with Crippen LogP contribution >= 0.6 is 31.9 Å². The van der Waals surface area contributed by atoms with Crippen LogP contribution in [0.3, 0.4) is 0 Å². The standard InChI is InChI=1S/C14H20Br2N2/c1-3-5-11-9-18(10(2)8-17-11)14-12(15)6-4-7-13(14)16/h4,6-7,10-11,17H,3,5,8-9H2,1-2H3. The fraction of sp³-hybridized carbons (Fsp3) is 0.571. The fourth-order valence-electron chi connectivity index (χ4n) is 2.55. The van der Waals surface area contributed by atoms with E-state index in [4.69, 9.17) is 0 Å². The first-order chi connectivity index (χ1) is 8.63. The first kappa shape index (κ1) is 14.4. The van der Waals surface area contributed by atoms with Gasteiger partial charge in [0.1, 0.15) is 0 Å². The summed E-state index contributed by atoms with van der Waals surface area (Å²) < 4.78 is 2.33. The first-order valence-corrected chi connectivity index (χ1v) is 8.16. The van der Waals surface area contributed by atoms with Gasteiger partial charge in [-0.15, -0.1) is 0 Å². The van der Waals surface area contributed by atoms with E-state index in [1.807, 2.05) is 0 Å². The molecule has 4 heteroatoms. The molecule has 1 heterocycles. The number of benzene rings is 1. The summed E-state index contributed by atoms with van der Waals surface area (Å²) in [6.45, 7) is 6.66. The van der Waals surface area contributed by atoms with Crippen LogP contribution in [0.1, 0.15) is 26.7 Å². The third-order valence-electron chi connectivity index (χ3n) is 3.51. The first-order valence-electron chi connectivity index (χ1n) is 6.57. The molecule has 0 bridgehead atoms. The van der Waals surface area contributed by atoms with Gasteiger partial charge < -0.3 is 10.2 Å². The van der Waals surface area contributed by atoms with Crippen LogP contribution in [0.5, 0.6) is 0 Å². The number of nitrogens with zero attached hydrogens (tertiary/aromatic N) is 1. The molecule has 2 nitrogen and oxygen atoms in total. The number of nitrogens with one attached hydrogen (secondary N) is 1. The van der Waals surface area contributed by atoms with Gasteiger partial charge in [0.2, 0.25) is 0 Å². The summed E-state index contributed by atoms with van der Waals surface area (Å²) in [5, 5.41) is 3.64. The summed E-state index contributed by atoms with van der Waals surface area (Å²) in [7, 11) is 0. The van der Waals surface area contributed by atoms with E-state index in [0.717, 1.165) is 13.1 Å². The monoisotopic (exact) mass is 374 g/mol. The fourth-order valence-corrected chi connectivity index (χ4v) is 4.00. The summed E-state index contributed by atoms with van der Waals surface area (Å²) in [5.74, 6) is 0. The molecule has 2 atom stereocenters. The molecule has 0 amide bonds. The largest absolute Gasteiger partial charge is 0.364 e. The Morgan fingerprint density at radius 1 is 1.33 bits per heavy atom. The van der Waals surface area contributed by atoms with Gasteiger partial charge in [0.05, 0.1) is 5.69 Å². The Hall–Kier alpha value is -0.0600. The van der Waals surface area contributed by atoms with Crippen molar-refractivity contribution in [3.63, 3.8) is 0 Å². The third-order valence-corrected chi connectivity index (χ3v) is 4.79. The van der Waals surface area contributed by atoms with E-state index in [1.54, 1.807) is 0 Å². The number of piperazine rings is 1. The van der Waals surface area contributed by atoms with E-state index in [1.165, 1.54) is 27.5 Å². The van der Waals surface area contributed by atoms with E-state index >= 15 is 0 Å². The molecule has 0 spiro atoms. The highest BCUT2D eigenvalue weighted by atomic mass is 79.9. The number of halogens is 2. The highest BCUT2D eigenvalue weighted by Crippen LogP contribution is 2.36. The smallest absolute Gasteiger partial charge is 0.0658 e. The van der Waals surface area contributed by atoms with Gasteiger partial charge in [0, 0.05) is 34.1 Å². The van der Waals surface area contributed by atoms with E-state index in [0.29, 0.717) is 12.1 Å². The van der Waals surface area contributed by atoms with Gasteiger partial charge in [-0.25, -0.2) is 0 Å². The average Bonchev–Trinajstić information content (AvgIpc) is 2.33. The molecule has 1 aliphatic rings. The van der Waals surface area contributed by atoms with Crippen LogP contribution in [0.4, 0.5) is 5.69 Å². The van der Waals surface area contributed by atoms with Crippen LogP contribution in [0, 0.1) is 0 Å². The summed E-state index contributed by atoms with van der Waals surface area (Å²) in [5.41, 5.74) is 1.28. The lowest BCUT2D eigenvalue weighted by Gasteiger charge is -2.41. The lowest BCUT2D eigenvalue weighted by atomic mass is 10.1. The predicted octanol–water partition coefficient (Wildman–Crippen LogP) is 4.18. The summed E-state index contributed by atoms with van der Waals surface area (Å²) in [6, 6.07) is 7.42. The summed E-state index contributed by atoms with van der Waals surface area (Å²) >= 11 is 7.35. The number of anilines is 1. The Morgan fingerprint density at radius 3 is 2.61 bits per heavy atom. The minimum absolute atomic E-state index is 0.521. The topological polar surface area (TPSA) is 15.3 Å². The number of rotatable bonds is 3. The number of hydrogen-bond acceptors (Lipinski definition) is 2. The highest BCUT2D eigenvalue weighted by Gasteiger charge is 2.26. The van der Waals surface area contributed by atoms with Gasteiger partial charge in [-0.3, -0.25) is 0 Å². The Balaban J connectivity index is 2.24. The van der Waals surface area contributed by atoms with Gasteiger partial charge in [0.25, 0.3) is 0 Å². The molecule has 1 fully saturated rings. The zero-order chi connectivity index (χ0) is 13.1. The van der Waals surface area contributed by atoms with Gasteiger partial charge in [-0.05, 0) is 57.3 Å².